The molecule has 16 heavy (non-hydrogen) atoms. The Morgan fingerprint density at radius 1 is 1.19 bits per heavy atom. The third kappa shape index (κ3) is 4.70. The van der Waals surface area contributed by atoms with Crippen LogP contribution in [0.15, 0.2) is 18.2 Å². The van der Waals surface area contributed by atoms with Gasteiger partial charge in [-0.05, 0) is 25.0 Å². The Bertz CT molecular complexity index is 351. The van der Waals surface area contributed by atoms with Crippen LogP contribution in [0.2, 0.25) is 0 Å². The minimum Gasteiger partial charge on any atom is -0.326 e. The summed E-state index contributed by atoms with van der Waals surface area (Å²) in [6, 6.07) is 2.94. The molecule has 1 rings (SSSR count). The van der Waals surface area contributed by atoms with Crippen molar-refractivity contribution in [2.24, 2.45) is 0 Å². The smallest absolute Gasteiger partial charge is 0.224 e. The predicted octanol–water partition coefficient (Wildman–Crippen LogP) is 3.47. The van der Waals surface area contributed by atoms with Crippen LogP contribution >= 0.6 is 15.9 Å². The number of hydrogen-bond acceptors (Lipinski definition) is 1. The van der Waals surface area contributed by atoms with Crippen LogP contribution in [0.25, 0.3) is 0 Å². The summed E-state index contributed by atoms with van der Waals surface area (Å²) in [6.45, 7) is 0. The number of nitrogens with one attached hydrogen (secondary N) is 1. The van der Waals surface area contributed by atoms with Crippen molar-refractivity contribution in [3.63, 3.8) is 0 Å². The molecule has 1 aromatic rings. The van der Waals surface area contributed by atoms with Crippen LogP contribution < -0.4 is 5.32 Å². The van der Waals surface area contributed by atoms with Gasteiger partial charge in [-0.3, -0.25) is 4.79 Å². The van der Waals surface area contributed by atoms with Crippen LogP contribution in [0.1, 0.15) is 19.3 Å². The van der Waals surface area contributed by atoms with Crippen LogP contribution in [-0.4, -0.2) is 11.2 Å². The van der Waals surface area contributed by atoms with Crippen molar-refractivity contribution >= 4 is 27.5 Å². The highest BCUT2D eigenvalue weighted by Gasteiger charge is 2.04. The molecule has 0 spiro atoms. The molecule has 88 valence electrons. The fourth-order valence-electron chi connectivity index (χ4n) is 1.23. The van der Waals surface area contributed by atoms with E-state index in [9.17, 15) is 13.6 Å². The lowest BCUT2D eigenvalue weighted by Gasteiger charge is -2.05. The van der Waals surface area contributed by atoms with Gasteiger partial charge in [-0.2, -0.15) is 0 Å². The molecule has 0 bridgehead atoms. The number of hydrogen-bond donors (Lipinski definition) is 1. The van der Waals surface area contributed by atoms with Gasteiger partial charge in [0.05, 0.1) is 0 Å². The minimum absolute atomic E-state index is 0.154. The molecule has 0 aromatic heterocycles. The standard InChI is InChI=1S/C11H12BrF2NO/c12-4-2-1-3-11(16)15-10-6-8(13)5-9(14)7-10/h5-7H,1-4H2,(H,15,16). The lowest BCUT2D eigenvalue weighted by Crippen LogP contribution is -2.11. The van der Waals surface area contributed by atoms with Gasteiger partial charge in [0.1, 0.15) is 11.6 Å². The van der Waals surface area contributed by atoms with Crippen molar-refractivity contribution in [3.8, 4) is 0 Å². The Labute approximate surface area is 101 Å². The quantitative estimate of drug-likeness (QED) is 0.653. The first kappa shape index (κ1) is 13.1. The van der Waals surface area contributed by atoms with Gasteiger partial charge in [0.25, 0.3) is 0 Å². The number of carbonyl (C=O) groups is 1. The van der Waals surface area contributed by atoms with E-state index in [1.54, 1.807) is 0 Å². The predicted molar refractivity (Wildman–Crippen MR) is 62.6 cm³/mol. The van der Waals surface area contributed by atoms with E-state index in [-0.39, 0.29) is 11.6 Å². The van der Waals surface area contributed by atoms with Crippen LogP contribution in [0, 0.1) is 11.6 Å². The molecule has 1 aromatic carbocycles. The van der Waals surface area contributed by atoms with Crippen LogP contribution in [0.3, 0.4) is 0 Å². The minimum atomic E-state index is -0.698. The maximum atomic E-state index is 12.8. The Morgan fingerprint density at radius 2 is 1.81 bits per heavy atom. The number of alkyl halides is 1. The van der Waals surface area contributed by atoms with Crippen molar-refractivity contribution in [1.29, 1.82) is 0 Å². The van der Waals surface area contributed by atoms with E-state index in [0.717, 1.165) is 36.4 Å². The molecule has 0 saturated carbocycles. The zero-order valence-corrected chi connectivity index (χ0v) is 10.2. The highest BCUT2D eigenvalue weighted by molar-refractivity contribution is 9.09. The molecule has 0 aliphatic heterocycles. The van der Waals surface area contributed by atoms with Gasteiger partial charge in [-0.1, -0.05) is 15.9 Å². The van der Waals surface area contributed by atoms with E-state index in [2.05, 4.69) is 21.2 Å². The van der Waals surface area contributed by atoms with E-state index in [0.29, 0.717) is 6.42 Å². The molecule has 0 unspecified atom stereocenters. The molecule has 0 radical (unpaired) electrons. The molecule has 2 nitrogen and oxygen atoms in total. The number of unbranched alkanes of at least 4 members (excludes halogenated alkanes) is 1. The number of rotatable bonds is 5. The largest absolute Gasteiger partial charge is 0.326 e. The van der Waals surface area contributed by atoms with Crippen molar-refractivity contribution < 1.29 is 13.6 Å². The number of carbonyl (C=O) groups excluding carboxylic acids is 1. The first-order valence-electron chi connectivity index (χ1n) is 4.93. The monoisotopic (exact) mass is 291 g/mol. The Hall–Kier alpha value is -0.970. The zero-order valence-electron chi connectivity index (χ0n) is 8.60. The molecular formula is C11H12BrF2NO. The van der Waals surface area contributed by atoms with Gasteiger partial charge >= 0.3 is 0 Å². The van der Waals surface area contributed by atoms with Gasteiger partial charge in [-0.25, -0.2) is 8.78 Å². The fraction of sp³-hybridized carbons (Fsp3) is 0.364. The third-order valence-corrected chi connectivity index (χ3v) is 2.49. The highest BCUT2D eigenvalue weighted by atomic mass is 79.9. The summed E-state index contributed by atoms with van der Waals surface area (Å²) >= 11 is 3.25. The van der Waals surface area contributed by atoms with Gasteiger partial charge < -0.3 is 5.32 Å². The summed E-state index contributed by atoms with van der Waals surface area (Å²) in [7, 11) is 0. The Kier molecular flexibility index (Phi) is 5.38. The Morgan fingerprint density at radius 3 is 2.38 bits per heavy atom. The fourth-order valence-corrected chi connectivity index (χ4v) is 1.63. The van der Waals surface area contributed by atoms with Gasteiger partial charge in [0, 0.05) is 23.5 Å². The summed E-state index contributed by atoms with van der Waals surface area (Å²) in [5.74, 6) is -1.63. The number of halogens is 3. The maximum Gasteiger partial charge on any atom is 0.224 e. The van der Waals surface area contributed by atoms with Crippen LogP contribution in [-0.2, 0) is 4.79 Å². The molecule has 5 heteroatoms. The number of benzene rings is 1. The molecule has 0 saturated heterocycles. The molecule has 0 fully saturated rings. The second kappa shape index (κ2) is 6.58. The zero-order chi connectivity index (χ0) is 12.0. The second-order valence-electron chi connectivity index (χ2n) is 3.35. The Balaban J connectivity index is 2.49. The molecule has 0 aliphatic carbocycles. The highest BCUT2D eigenvalue weighted by Crippen LogP contribution is 2.13. The second-order valence-corrected chi connectivity index (χ2v) is 4.15. The maximum absolute atomic E-state index is 12.8. The molecule has 0 atom stereocenters. The summed E-state index contributed by atoms with van der Waals surface area (Å²) in [6.07, 6.45) is 1.99. The molecule has 1 amide bonds. The van der Waals surface area contributed by atoms with Gasteiger partial charge in [-0.15, -0.1) is 0 Å². The van der Waals surface area contributed by atoms with Crippen molar-refractivity contribution in [3.05, 3.63) is 29.8 Å². The van der Waals surface area contributed by atoms with Crippen molar-refractivity contribution in [2.75, 3.05) is 10.6 Å². The van der Waals surface area contributed by atoms with E-state index >= 15 is 0 Å². The van der Waals surface area contributed by atoms with E-state index in [4.69, 9.17) is 0 Å². The first-order valence-corrected chi connectivity index (χ1v) is 6.06. The third-order valence-electron chi connectivity index (χ3n) is 1.93. The summed E-state index contributed by atoms with van der Waals surface area (Å²) in [5.41, 5.74) is 0.154. The molecular weight excluding hydrogens is 280 g/mol. The van der Waals surface area contributed by atoms with Crippen LogP contribution in [0.5, 0.6) is 0 Å². The summed E-state index contributed by atoms with van der Waals surface area (Å²) in [4.78, 5) is 11.3. The topological polar surface area (TPSA) is 29.1 Å². The first-order chi connectivity index (χ1) is 7.61. The van der Waals surface area contributed by atoms with E-state index < -0.39 is 11.6 Å². The van der Waals surface area contributed by atoms with Crippen molar-refractivity contribution in [2.45, 2.75) is 19.3 Å². The average Bonchev–Trinajstić information content (AvgIpc) is 2.16. The van der Waals surface area contributed by atoms with Crippen molar-refractivity contribution in [1.82, 2.24) is 0 Å². The molecule has 0 heterocycles. The summed E-state index contributed by atoms with van der Waals surface area (Å²) < 4.78 is 25.6. The number of anilines is 1. The molecule has 0 aliphatic rings. The molecule has 1 N–H and O–H groups in total. The normalized spacial score (nSPS) is 10.2. The van der Waals surface area contributed by atoms with E-state index in [1.807, 2.05) is 0 Å². The van der Waals surface area contributed by atoms with Crippen LogP contribution in [0.4, 0.5) is 14.5 Å². The average molecular weight is 292 g/mol. The van der Waals surface area contributed by atoms with E-state index in [1.165, 1.54) is 0 Å². The SMILES string of the molecule is O=C(CCCCBr)Nc1cc(F)cc(F)c1. The van der Waals surface area contributed by atoms with Gasteiger partial charge in [0.15, 0.2) is 0 Å². The number of amides is 1. The lowest BCUT2D eigenvalue weighted by molar-refractivity contribution is -0.116. The summed E-state index contributed by atoms with van der Waals surface area (Å²) in [5, 5.41) is 3.29. The lowest BCUT2D eigenvalue weighted by atomic mass is 10.2. The van der Waals surface area contributed by atoms with Gasteiger partial charge in [0.2, 0.25) is 5.91 Å².